The summed E-state index contributed by atoms with van der Waals surface area (Å²) < 4.78 is 1.75. The highest BCUT2D eigenvalue weighted by molar-refractivity contribution is 8.00. The number of aryl methyl sites for hydroxylation is 1. The molecule has 0 saturated heterocycles. The van der Waals surface area contributed by atoms with E-state index >= 15 is 0 Å². The molecule has 0 saturated carbocycles. The number of benzene rings is 1. The van der Waals surface area contributed by atoms with Gasteiger partial charge < -0.3 is 4.57 Å². The van der Waals surface area contributed by atoms with Gasteiger partial charge in [0.25, 0.3) is 5.91 Å². The Hall–Kier alpha value is -1.86. The molecule has 3 N–H and O–H groups in total. The van der Waals surface area contributed by atoms with Crippen LogP contribution in [0.2, 0.25) is 0 Å². The lowest BCUT2D eigenvalue weighted by atomic mass is 10.1. The zero-order chi connectivity index (χ0) is 13.0. The van der Waals surface area contributed by atoms with Crippen molar-refractivity contribution in [2.45, 2.75) is 10.4 Å². The summed E-state index contributed by atoms with van der Waals surface area (Å²) in [6.07, 6.45) is 1.59. The highest BCUT2D eigenvalue weighted by Crippen LogP contribution is 2.33. The first-order valence-electron chi connectivity index (χ1n) is 5.28. The molecule has 1 amide bonds. The van der Waals surface area contributed by atoms with Crippen LogP contribution in [-0.2, 0) is 11.8 Å². The molecule has 0 spiro atoms. The number of aromatic nitrogens is 3. The first-order chi connectivity index (χ1) is 8.72. The van der Waals surface area contributed by atoms with E-state index in [-0.39, 0.29) is 5.91 Å². The Morgan fingerprint density at radius 3 is 2.72 bits per heavy atom. The fourth-order valence-electron chi connectivity index (χ4n) is 1.46. The maximum atomic E-state index is 11.8. The van der Waals surface area contributed by atoms with Crippen LogP contribution in [0.3, 0.4) is 0 Å². The topological polar surface area (TPSA) is 85.8 Å². The number of rotatable bonds is 4. The molecular weight excluding hydrogens is 250 g/mol. The van der Waals surface area contributed by atoms with E-state index in [1.54, 1.807) is 10.9 Å². The van der Waals surface area contributed by atoms with Gasteiger partial charge in [0.15, 0.2) is 5.16 Å². The Kier molecular flexibility index (Phi) is 3.96. The summed E-state index contributed by atoms with van der Waals surface area (Å²) in [6.45, 7) is 0. The number of carbonyl (C=O) groups excluding carboxylic acids is 1. The molecule has 0 fully saturated rings. The van der Waals surface area contributed by atoms with Crippen LogP contribution in [0.4, 0.5) is 0 Å². The Labute approximate surface area is 109 Å². The van der Waals surface area contributed by atoms with Gasteiger partial charge in [-0.1, -0.05) is 42.1 Å². The number of nitrogens with zero attached hydrogens (tertiary/aromatic N) is 3. The molecule has 1 aromatic heterocycles. The van der Waals surface area contributed by atoms with E-state index in [9.17, 15) is 4.79 Å². The number of carbonyl (C=O) groups is 1. The second kappa shape index (κ2) is 5.65. The molecule has 1 atom stereocenters. The van der Waals surface area contributed by atoms with Crippen LogP contribution in [0.15, 0.2) is 41.8 Å². The normalized spacial score (nSPS) is 12.1. The van der Waals surface area contributed by atoms with E-state index in [1.165, 1.54) is 11.8 Å². The minimum Gasteiger partial charge on any atom is -0.312 e. The molecule has 18 heavy (non-hydrogen) atoms. The van der Waals surface area contributed by atoms with Crippen LogP contribution >= 0.6 is 11.8 Å². The summed E-state index contributed by atoms with van der Waals surface area (Å²) in [5.74, 6) is 4.95. The van der Waals surface area contributed by atoms with Crippen LogP contribution in [0.5, 0.6) is 0 Å². The van der Waals surface area contributed by atoms with Crippen LogP contribution in [0.1, 0.15) is 10.8 Å². The lowest BCUT2D eigenvalue weighted by Gasteiger charge is -2.14. The third kappa shape index (κ3) is 2.69. The summed E-state index contributed by atoms with van der Waals surface area (Å²) in [4.78, 5) is 11.8. The molecule has 0 aliphatic carbocycles. The van der Waals surface area contributed by atoms with Crippen molar-refractivity contribution >= 4 is 17.7 Å². The van der Waals surface area contributed by atoms with Crippen molar-refractivity contribution in [3.63, 3.8) is 0 Å². The third-order valence-corrected chi connectivity index (χ3v) is 3.68. The van der Waals surface area contributed by atoms with Crippen LogP contribution in [-0.4, -0.2) is 20.7 Å². The number of hydrogen-bond acceptors (Lipinski definition) is 5. The van der Waals surface area contributed by atoms with Gasteiger partial charge in [-0.3, -0.25) is 10.2 Å². The first kappa shape index (κ1) is 12.6. The average molecular weight is 263 g/mol. The fourth-order valence-corrected chi connectivity index (χ4v) is 2.45. The van der Waals surface area contributed by atoms with E-state index in [2.05, 4.69) is 15.6 Å². The lowest BCUT2D eigenvalue weighted by Crippen LogP contribution is -2.33. The van der Waals surface area contributed by atoms with E-state index in [0.29, 0.717) is 5.16 Å². The predicted octanol–water partition coefficient (Wildman–Crippen LogP) is 0.638. The van der Waals surface area contributed by atoms with E-state index in [1.807, 2.05) is 37.4 Å². The zero-order valence-electron chi connectivity index (χ0n) is 9.78. The number of nitrogens with two attached hydrogens (primary N) is 1. The molecular formula is C11H13N5OS. The van der Waals surface area contributed by atoms with Crippen molar-refractivity contribution in [3.8, 4) is 0 Å². The Morgan fingerprint density at radius 2 is 2.17 bits per heavy atom. The molecule has 7 heteroatoms. The van der Waals surface area contributed by atoms with E-state index in [4.69, 9.17) is 5.84 Å². The molecule has 6 nitrogen and oxygen atoms in total. The second-order valence-electron chi connectivity index (χ2n) is 3.64. The molecule has 1 aromatic carbocycles. The van der Waals surface area contributed by atoms with Gasteiger partial charge in [0.05, 0.1) is 0 Å². The second-order valence-corrected chi connectivity index (χ2v) is 4.71. The van der Waals surface area contributed by atoms with Crippen molar-refractivity contribution in [2.24, 2.45) is 12.9 Å². The Morgan fingerprint density at radius 1 is 1.44 bits per heavy atom. The van der Waals surface area contributed by atoms with Crippen LogP contribution < -0.4 is 11.3 Å². The van der Waals surface area contributed by atoms with Gasteiger partial charge in [0.2, 0.25) is 0 Å². The Bertz CT molecular complexity index is 527. The smallest absolute Gasteiger partial charge is 0.251 e. The predicted molar refractivity (Wildman–Crippen MR) is 68.4 cm³/mol. The molecule has 0 aliphatic rings. The number of hydrogen-bond donors (Lipinski definition) is 2. The van der Waals surface area contributed by atoms with Crippen LogP contribution in [0.25, 0.3) is 0 Å². The highest BCUT2D eigenvalue weighted by Gasteiger charge is 2.23. The summed E-state index contributed by atoms with van der Waals surface area (Å²) in [5.41, 5.74) is 3.05. The van der Waals surface area contributed by atoms with Gasteiger partial charge in [0.1, 0.15) is 11.6 Å². The zero-order valence-corrected chi connectivity index (χ0v) is 10.6. The maximum Gasteiger partial charge on any atom is 0.251 e. The molecule has 0 bridgehead atoms. The van der Waals surface area contributed by atoms with Crippen molar-refractivity contribution in [2.75, 3.05) is 0 Å². The molecule has 2 rings (SSSR count). The van der Waals surface area contributed by atoms with Gasteiger partial charge in [0, 0.05) is 7.05 Å². The minimum absolute atomic E-state index is 0.269. The van der Waals surface area contributed by atoms with Crippen LogP contribution in [0, 0.1) is 0 Å². The van der Waals surface area contributed by atoms with E-state index in [0.717, 1.165) is 5.56 Å². The molecule has 2 aromatic rings. The quantitative estimate of drug-likeness (QED) is 0.366. The van der Waals surface area contributed by atoms with Gasteiger partial charge in [-0.15, -0.1) is 10.2 Å². The number of hydrazine groups is 1. The molecule has 94 valence electrons. The minimum atomic E-state index is -0.445. The van der Waals surface area contributed by atoms with Gasteiger partial charge in [-0.25, -0.2) is 5.84 Å². The highest BCUT2D eigenvalue weighted by atomic mass is 32.2. The number of amides is 1. The van der Waals surface area contributed by atoms with Crippen molar-refractivity contribution < 1.29 is 4.79 Å². The van der Waals surface area contributed by atoms with E-state index < -0.39 is 5.25 Å². The van der Waals surface area contributed by atoms with Crippen molar-refractivity contribution in [1.82, 2.24) is 20.2 Å². The molecule has 1 heterocycles. The largest absolute Gasteiger partial charge is 0.312 e. The summed E-state index contributed by atoms with van der Waals surface area (Å²) in [6, 6.07) is 9.41. The maximum absolute atomic E-state index is 11.8. The standard InChI is InChI=1S/C11H13N5OS/c1-16-7-13-15-11(16)18-9(10(17)14-12)8-5-3-2-4-6-8/h2-7,9H,12H2,1H3,(H,14,17). The molecule has 0 radical (unpaired) electrons. The first-order valence-corrected chi connectivity index (χ1v) is 6.16. The number of thioether (sulfide) groups is 1. The summed E-state index contributed by atoms with van der Waals surface area (Å²) in [7, 11) is 1.82. The summed E-state index contributed by atoms with van der Waals surface area (Å²) >= 11 is 1.31. The SMILES string of the molecule is Cn1cnnc1SC(C(=O)NN)c1ccccc1. The molecule has 1 unspecified atom stereocenters. The van der Waals surface area contributed by atoms with Gasteiger partial charge in [-0.2, -0.15) is 0 Å². The molecule has 0 aliphatic heterocycles. The summed E-state index contributed by atoms with van der Waals surface area (Å²) in [5, 5.41) is 7.95. The lowest BCUT2D eigenvalue weighted by molar-refractivity contribution is -0.120. The Balaban J connectivity index is 2.27. The monoisotopic (exact) mass is 263 g/mol. The van der Waals surface area contributed by atoms with Crippen molar-refractivity contribution in [3.05, 3.63) is 42.2 Å². The number of nitrogens with one attached hydrogen (secondary N) is 1. The van der Waals surface area contributed by atoms with Crippen molar-refractivity contribution in [1.29, 1.82) is 0 Å². The van der Waals surface area contributed by atoms with Gasteiger partial charge in [-0.05, 0) is 5.56 Å². The van der Waals surface area contributed by atoms with Gasteiger partial charge >= 0.3 is 0 Å². The average Bonchev–Trinajstić information content (AvgIpc) is 2.81. The third-order valence-electron chi connectivity index (χ3n) is 2.38. The fraction of sp³-hybridized carbons (Fsp3) is 0.182.